The fourth-order valence-corrected chi connectivity index (χ4v) is 4.86. The number of methoxy groups -OCH3 is 1. The Morgan fingerprint density at radius 3 is 2.62 bits per heavy atom. The number of rotatable bonds is 7. The lowest BCUT2D eigenvalue weighted by Crippen LogP contribution is -2.44. The first-order valence-electron chi connectivity index (χ1n) is 9.28. The van der Waals surface area contributed by atoms with E-state index in [0.29, 0.717) is 22.8 Å². The molecule has 1 aliphatic heterocycles. The van der Waals surface area contributed by atoms with E-state index in [1.165, 1.54) is 0 Å². The van der Waals surface area contributed by atoms with E-state index in [-0.39, 0.29) is 17.6 Å². The summed E-state index contributed by atoms with van der Waals surface area (Å²) in [6, 6.07) is 6.04. The fraction of sp³-hybridized carbons (Fsp3) is 0.524. The standard InChI is InChI=1S/C21H26N4O3S/c1-12-7-15(14(3)25(12)13(2)10-28-6)18(26)11-29-20-17(9-23)21(4,5)16(8-22)19(27)24-20/h7,13,16H,10-11H2,1-6H3,(H,24,27)/t13-,16+/m1/s1. The van der Waals surface area contributed by atoms with Gasteiger partial charge >= 0.3 is 0 Å². The van der Waals surface area contributed by atoms with Gasteiger partial charge in [-0.3, -0.25) is 9.59 Å². The number of Topliss-reactive ketones (excluding diaryl/α,β-unsaturated/α-hetero) is 1. The Labute approximate surface area is 175 Å². The van der Waals surface area contributed by atoms with Crippen molar-refractivity contribution >= 4 is 23.5 Å². The van der Waals surface area contributed by atoms with Gasteiger partial charge in [0.25, 0.3) is 0 Å². The van der Waals surface area contributed by atoms with Crippen molar-refractivity contribution in [2.75, 3.05) is 19.5 Å². The van der Waals surface area contributed by atoms with Gasteiger partial charge in [-0.05, 0) is 26.8 Å². The summed E-state index contributed by atoms with van der Waals surface area (Å²) in [6.07, 6.45) is 0. The van der Waals surface area contributed by atoms with Gasteiger partial charge in [-0.1, -0.05) is 25.6 Å². The zero-order valence-corrected chi connectivity index (χ0v) is 18.4. The molecule has 8 heteroatoms. The minimum Gasteiger partial charge on any atom is -0.383 e. The number of aryl methyl sites for hydroxylation is 1. The van der Waals surface area contributed by atoms with Gasteiger partial charge < -0.3 is 14.6 Å². The van der Waals surface area contributed by atoms with Gasteiger partial charge in [0.2, 0.25) is 5.91 Å². The highest BCUT2D eigenvalue weighted by Crippen LogP contribution is 2.42. The van der Waals surface area contributed by atoms with Crippen LogP contribution in [-0.4, -0.2) is 35.7 Å². The van der Waals surface area contributed by atoms with Gasteiger partial charge in [0, 0.05) is 29.5 Å². The molecule has 0 spiro atoms. The van der Waals surface area contributed by atoms with E-state index >= 15 is 0 Å². The number of nitriles is 2. The Hall–Kier alpha value is -2.55. The summed E-state index contributed by atoms with van der Waals surface area (Å²) in [4.78, 5) is 25.2. The molecule has 0 fully saturated rings. The molecule has 154 valence electrons. The molecule has 1 N–H and O–H groups in total. The minimum atomic E-state index is -0.946. The summed E-state index contributed by atoms with van der Waals surface area (Å²) in [7, 11) is 1.64. The number of amides is 1. The molecule has 0 aromatic carbocycles. The van der Waals surface area contributed by atoms with Crippen LogP contribution in [0.3, 0.4) is 0 Å². The Bertz CT molecular complexity index is 946. The van der Waals surface area contributed by atoms with Crippen molar-refractivity contribution in [2.45, 2.75) is 40.7 Å². The Morgan fingerprint density at radius 2 is 2.07 bits per heavy atom. The molecule has 2 atom stereocenters. The van der Waals surface area contributed by atoms with E-state index in [4.69, 9.17) is 4.74 Å². The summed E-state index contributed by atoms with van der Waals surface area (Å²) in [5.74, 6) is -1.40. The largest absolute Gasteiger partial charge is 0.383 e. The Balaban J connectivity index is 2.26. The van der Waals surface area contributed by atoms with Crippen molar-refractivity contribution in [3.05, 3.63) is 33.6 Å². The molecule has 0 unspecified atom stereocenters. The molecular formula is C21H26N4O3S. The van der Waals surface area contributed by atoms with Crippen LogP contribution in [0.5, 0.6) is 0 Å². The molecule has 1 amide bonds. The summed E-state index contributed by atoms with van der Waals surface area (Å²) in [5, 5.41) is 21.9. The number of hydrogen-bond donors (Lipinski definition) is 1. The molecule has 0 radical (unpaired) electrons. The van der Waals surface area contributed by atoms with Gasteiger partial charge in [-0.2, -0.15) is 10.5 Å². The molecule has 7 nitrogen and oxygen atoms in total. The number of hydrogen-bond acceptors (Lipinski definition) is 6. The molecule has 2 heterocycles. The molecule has 0 saturated carbocycles. The van der Waals surface area contributed by atoms with Crippen LogP contribution >= 0.6 is 11.8 Å². The second kappa shape index (κ2) is 8.86. The molecule has 0 saturated heterocycles. The molecule has 2 rings (SSSR count). The molecule has 0 aliphatic carbocycles. The average Bonchev–Trinajstić information content (AvgIpc) is 2.93. The second-order valence-corrected chi connectivity index (χ2v) is 8.75. The first-order valence-corrected chi connectivity index (χ1v) is 10.3. The third-order valence-corrected chi connectivity index (χ3v) is 6.32. The molecular weight excluding hydrogens is 388 g/mol. The average molecular weight is 415 g/mol. The summed E-state index contributed by atoms with van der Waals surface area (Å²) in [6.45, 7) is 9.82. The number of nitrogens with one attached hydrogen (secondary N) is 1. The van der Waals surface area contributed by atoms with E-state index in [9.17, 15) is 20.1 Å². The monoisotopic (exact) mass is 414 g/mol. The molecule has 0 bridgehead atoms. The van der Waals surface area contributed by atoms with Crippen LogP contribution in [0.1, 0.15) is 48.6 Å². The van der Waals surface area contributed by atoms with Crippen LogP contribution in [0.15, 0.2) is 16.7 Å². The summed E-state index contributed by atoms with van der Waals surface area (Å²) < 4.78 is 7.30. The van der Waals surface area contributed by atoms with Crippen molar-refractivity contribution in [2.24, 2.45) is 11.3 Å². The maximum Gasteiger partial charge on any atom is 0.243 e. The number of ether oxygens (including phenoxy) is 1. The topological polar surface area (TPSA) is 108 Å². The van der Waals surface area contributed by atoms with Crippen molar-refractivity contribution in [1.82, 2.24) is 9.88 Å². The number of aromatic nitrogens is 1. The minimum absolute atomic E-state index is 0.0804. The Kier molecular flexibility index (Phi) is 6.94. The van der Waals surface area contributed by atoms with Crippen LogP contribution < -0.4 is 5.32 Å². The Morgan fingerprint density at radius 1 is 1.41 bits per heavy atom. The predicted molar refractivity (Wildman–Crippen MR) is 111 cm³/mol. The van der Waals surface area contributed by atoms with E-state index in [0.717, 1.165) is 23.1 Å². The lowest BCUT2D eigenvalue weighted by Gasteiger charge is -2.34. The van der Waals surface area contributed by atoms with Crippen LogP contribution in [-0.2, 0) is 9.53 Å². The van der Waals surface area contributed by atoms with Crippen molar-refractivity contribution in [3.8, 4) is 12.1 Å². The highest BCUT2D eigenvalue weighted by atomic mass is 32.2. The third kappa shape index (κ3) is 4.24. The van der Waals surface area contributed by atoms with Crippen molar-refractivity contribution in [3.63, 3.8) is 0 Å². The van der Waals surface area contributed by atoms with Crippen LogP contribution in [0.25, 0.3) is 0 Å². The number of nitrogens with zero attached hydrogens (tertiary/aromatic N) is 3. The van der Waals surface area contributed by atoms with Gasteiger partial charge in [0.05, 0.1) is 41.1 Å². The zero-order valence-electron chi connectivity index (χ0n) is 17.6. The van der Waals surface area contributed by atoms with Gasteiger partial charge in [-0.15, -0.1) is 0 Å². The smallest absolute Gasteiger partial charge is 0.243 e. The fourth-order valence-electron chi connectivity index (χ4n) is 3.80. The van der Waals surface area contributed by atoms with Crippen molar-refractivity contribution < 1.29 is 14.3 Å². The normalized spacial score (nSPS) is 19.3. The summed E-state index contributed by atoms with van der Waals surface area (Å²) >= 11 is 1.13. The van der Waals surface area contributed by atoms with Crippen LogP contribution in [0.2, 0.25) is 0 Å². The second-order valence-electron chi connectivity index (χ2n) is 7.76. The van der Waals surface area contributed by atoms with E-state index in [1.54, 1.807) is 21.0 Å². The maximum absolute atomic E-state index is 12.9. The molecule has 1 aromatic rings. The zero-order chi connectivity index (χ0) is 21.9. The maximum atomic E-state index is 12.9. The SMILES string of the molecule is COC[C@@H](C)n1c(C)cc(C(=O)CSC2=C(C#N)C(C)(C)[C@@H](C#N)C(=O)N2)c1C. The van der Waals surface area contributed by atoms with Crippen LogP contribution in [0, 0.1) is 47.8 Å². The number of ketones is 1. The van der Waals surface area contributed by atoms with Gasteiger partial charge in [-0.25, -0.2) is 0 Å². The predicted octanol–water partition coefficient (Wildman–Crippen LogP) is 3.26. The quantitative estimate of drug-likeness (QED) is 0.686. The highest BCUT2D eigenvalue weighted by Gasteiger charge is 2.44. The number of carbonyl (C=O) groups excluding carboxylic acids is 2. The van der Waals surface area contributed by atoms with Crippen LogP contribution in [0.4, 0.5) is 0 Å². The highest BCUT2D eigenvalue weighted by molar-refractivity contribution is 8.03. The van der Waals surface area contributed by atoms with E-state index < -0.39 is 17.2 Å². The summed E-state index contributed by atoms with van der Waals surface area (Å²) in [5.41, 5.74) is 1.86. The van der Waals surface area contributed by atoms with E-state index in [2.05, 4.69) is 16.0 Å². The molecule has 29 heavy (non-hydrogen) atoms. The first kappa shape index (κ1) is 22.7. The molecule has 1 aromatic heterocycles. The number of allylic oxidation sites excluding steroid dienone is 1. The number of carbonyl (C=O) groups is 2. The number of thioether (sulfide) groups is 1. The lowest BCUT2D eigenvalue weighted by molar-refractivity contribution is -0.125. The van der Waals surface area contributed by atoms with Gasteiger partial charge in [0.15, 0.2) is 5.78 Å². The lowest BCUT2D eigenvalue weighted by atomic mass is 9.72. The first-order chi connectivity index (χ1) is 13.6. The van der Waals surface area contributed by atoms with Gasteiger partial charge in [0.1, 0.15) is 5.92 Å². The molecule has 1 aliphatic rings. The van der Waals surface area contributed by atoms with E-state index in [1.807, 2.05) is 32.9 Å². The third-order valence-electron chi connectivity index (χ3n) is 5.31. The van der Waals surface area contributed by atoms with Crippen molar-refractivity contribution in [1.29, 1.82) is 10.5 Å².